The molecule has 100 valence electrons. The van der Waals surface area contributed by atoms with Crippen LogP contribution in [0.2, 0.25) is 0 Å². The second kappa shape index (κ2) is 6.23. The summed E-state index contributed by atoms with van der Waals surface area (Å²) in [7, 11) is 0. The molecule has 0 amide bonds. The summed E-state index contributed by atoms with van der Waals surface area (Å²) in [4.78, 5) is 10.7. The fourth-order valence-electron chi connectivity index (χ4n) is 2.06. The summed E-state index contributed by atoms with van der Waals surface area (Å²) in [5.41, 5.74) is 2.98. The van der Waals surface area contributed by atoms with E-state index >= 15 is 0 Å². The van der Waals surface area contributed by atoms with Crippen LogP contribution >= 0.6 is 0 Å². The van der Waals surface area contributed by atoms with Crippen molar-refractivity contribution in [1.29, 1.82) is 0 Å². The molecule has 0 atom stereocenters. The highest BCUT2D eigenvalue weighted by molar-refractivity contribution is 5.70. The minimum atomic E-state index is -0.811. The first-order valence-electron chi connectivity index (χ1n) is 6.45. The third-order valence-electron chi connectivity index (χ3n) is 3.13. The number of benzene rings is 1. The summed E-state index contributed by atoms with van der Waals surface area (Å²) in [6.07, 6.45) is 8.67. The Morgan fingerprint density at radius 2 is 2.21 bits per heavy atom. The lowest BCUT2D eigenvalue weighted by molar-refractivity contribution is -0.136. The van der Waals surface area contributed by atoms with Crippen molar-refractivity contribution in [3.63, 3.8) is 0 Å². The van der Waals surface area contributed by atoms with Crippen molar-refractivity contribution in [1.82, 2.24) is 0 Å². The van der Waals surface area contributed by atoms with Gasteiger partial charge in [-0.15, -0.1) is 0 Å². The second-order valence-electron chi connectivity index (χ2n) is 4.71. The quantitative estimate of drug-likeness (QED) is 0.881. The minimum absolute atomic E-state index is 0.0556. The molecule has 0 saturated carbocycles. The van der Waals surface area contributed by atoms with Gasteiger partial charge < -0.3 is 9.84 Å². The highest BCUT2D eigenvalue weighted by Gasteiger charge is 2.06. The van der Waals surface area contributed by atoms with Gasteiger partial charge >= 0.3 is 5.97 Å². The van der Waals surface area contributed by atoms with Crippen LogP contribution in [-0.4, -0.2) is 17.7 Å². The highest BCUT2D eigenvalue weighted by Crippen LogP contribution is 2.19. The van der Waals surface area contributed by atoms with Crippen molar-refractivity contribution in [2.45, 2.75) is 26.2 Å². The second-order valence-corrected chi connectivity index (χ2v) is 4.71. The molecule has 1 aromatic rings. The van der Waals surface area contributed by atoms with Gasteiger partial charge in [0.1, 0.15) is 12.4 Å². The predicted molar refractivity (Wildman–Crippen MR) is 74.5 cm³/mol. The summed E-state index contributed by atoms with van der Waals surface area (Å²) in [6.45, 7) is 2.47. The monoisotopic (exact) mass is 258 g/mol. The zero-order valence-electron chi connectivity index (χ0n) is 11.1. The van der Waals surface area contributed by atoms with E-state index in [1.807, 2.05) is 25.1 Å². The van der Waals surface area contributed by atoms with Crippen molar-refractivity contribution in [3.05, 3.63) is 53.1 Å². The maximum atomic E-state index is 10.7. The van der Waals surface area contributed by atoms with Crippen molar-refractivity contribution in [2.24, 2.45) is 0 Å². The Morgan fingerprint density at radius 1 is 1.37 bits per heavy atom. The molecule has 1 aliphatic rings. The molecule has 1 aromatic carbocycles. The molecule has 2 rings (SSSR count). The molecule has 1 N–H and O–H groups in total. The Labute approximate surface area is 113 Å². The molecule has 0 aromatic heterocycles. The number of rotatable bonds is 5. The normalized spacial score (nSPS) is 14.1. The number of allylic oxidation sites excluding steroid dienone is 2. The average Bonchev–Trinajstić information content (AvgIpc) is 2.40. The van der Waals surface area contributed by atoms with Crippen LogP contribution in [0, 0.1) is 6.92 Å². The predicted octanol–water partition coefficient (Wildman–Crippen LogP) is 3.28. The van der Waals surface area contributed by atoms with Crippen LogP contribution in [0.25, 0.3) is 0 Å². The maximum absolute atomic E-state index is 10.7. The van der Waals surface area contributed by atoms with E-state index in [0.29, 0.717) is 6.61 Å². The first kappa shape index (κ1) is 13.4. The van der Waals surface area contributed by atoms with Gasteiger partial charge in [0.25, 0.3) is 0 Å². The maximum Gasteiger partial charge on any atom is 0.307 e. The number of hydrogen-bond acceptors (Lipinski definition) is 2. The average molecular weight is 258 g/mol. The SMILES string of the molecule is Cc1cc(OCC2=CCCC=C2)ccc1CC(=O)O. The Balaban J connectivity index is 1.98. The highest BCUT2D eigenvalue weighted by atomic mass is 16.5. The van der Waals surface area contributed by atoms with Crippen LogP contribution in [0.4, 0.5) is 0 Å². The molecule has 0 fully saturated rings. The smallest absolute Gasteiger partial charge is 0.307 e. The summed E-state index contributed by atoms with van der Waals surface area (Å²) in [5.74, 6) is -0.0271. The summed E-state index contributed by atoms with van der Waals surface area (Å²) < 4.78 is 5.72. The number of hydrogen-bond donors (Lipinski definition) is 1. The fourth-order valence-corrected chi connectivity index (χ4v) is 2.06. The topological polar surface area (TPSA) is 46.5 Å². The molecule has 0 radical (unpaired) electrons. The van der Waals surface area contributed by atoms with Gasteiger partial charge in [0.15, 0.2) is 0 Å². The lowest BCUT2D eigenvalue weighted by Gasteiger charge is -2.11. The molecular weight excluding hydrogens is 240 g/mol. The molecule has 0 saturated heterocycles. The van der Waals surface area contributed by atoms with Crippen LogP contribution in [-0.2, 0) is 11.2 Å². The number of ether oxygens (including phenoxy) is 1. The molecule has 0 heterocycles. The molecule has 0 unspecified atom stereocenters. The number of carbonyl (C=O) groups is 1. The van der Waals surface area contributed by atoms with E-state index in [1.54, 1.807) is 0 Å². The van der Waals surface area contributed by atoms with Gasteiger partial charge in [0, 0.05) is 0 Å². The molecule has 0 bridgehead atoms. The van der Waals surface area contributed by atoms with Crippen molar-refractivity contribution >= 4 is 5.97 Å². The number of carboxylic acid groups (broad SMARTS) is 1. The molecule has 3 heteroatoms. The van der Waals surface area contributed by atoms with Gasteiger partial charge in [0.2, 0.25) is 0 Å². The summed E-state index contributed by atoms with van der Waals surface area (Å²) in [6, 6.07) is 5.55. The fraction of sp³-hybridized carbons (Fsp3) is 0.312. The van der Waals surface area contributed by atoms with Gasteiger partial charge in [-0.2, -0.15) is 0 Å². The van der Waals surface area contributed by atoms with E-state index in [4.69, 9.17) is 9.84 Å². The number of carboxylic acids is 1. The lowest BCUT2D eigenvalue weighted by atomic mass is 10.1. The van der Waals surface area contributed by atoms with E-state index in [9.17, 15) is 4.79 Å². The van der Waals surface area contributed by atoms with Gasteiger partial charge in [-0.25, -0.2) is 0 Å². The molecule has 19 heavy (non-hydrogen) atoms. The lowest BCUT2D eigenvalue weighted by Crippen LogP contribution is -2.04. The largest absolute Gasteiger partial charge is 0.489 e. The van der Waals surface area contributed by atoms with Crippen LogP contribution < -0.4 is 4.74 Å². The molecule has 3 nitrogen and oxygen atoms in total. The van der Waals surface area contributed by atoms with Crippen LogP contribution in [0.3, 0.4) is 0 Å². The van der Waals surface area contributed by atoms with E-state index in [0.717, 1.165) is 29.7 Å². The summed E-state index contributed by atoms with van der Waals surface area (Å²) >= 11 is 0. The van der Waals surface area contributed by atoms with E-state index in [-0.39, 0.29) is 6.42 Å². The summed E-state index contributed by atoms with van der Waals surface area (Å²) in [5, 5.41) is 8.79. The molecular formula is C16H18O3. The Kier molecular flexibility index (Phi) is 4.39. The Bertz CT molecular complexity index is 527. The van der Waals surface area contributed by atoms with Crippen LogP contribution in [0.15, 0.2) is 42.0 Å². The number of aliphatic carboxylic acids is 1. The Hall–Kier alpha value is -2.03. The third kappa shape index (κ3) is 3.98. The number of aryl methyl sites for hydroxylation is 1. The molecule has 0 spiro atoms. The van der Waals surface area contributed by atoms with Gasteiger partial charge in [-0.3, -0.25) is 4.79 Å². The van der Waals surface area contributed by atoms with E-state index < -0.39 is 5.97 Å². The minimum Gasteiger partial charge on any atom is -0.489 e. The molecule has 1 aliphatic carbocycles. The van der Waals surface area contributed by atoms with Crippen molar-refractivity contribution < 1.29 is 14.6 Å². The zero-order valence-corrected chi connectivity index (χ0v) is 11.1. The standard InChI is InChI=1S/C16H18O3/c1-12-9-15(8-7-14(12)10-16(17)18)19-11-13-5-3-2-4-6-13/h3,5-9H,2,4,10-11H2,1H3,(H,17,18). The van der Waals surface area contributed by atoms with Crippen molar-refractivity contribution in [3.8, 4) is 5.75 Å². The van der Waals surface area contributed by atoms with E-state index in [1.165, 1.54) is 5.57 Å². The third-order valence-corrected chi connectivity index (χ3v) is 3.13. The van der Waals surface area contributed by atoms with E-state index in [2.05, 4.69) is 18.2 Å². The van der Waals surface area contributed by atoms with Crippen molar-refractivity contribution in [2.75, 3.05) is 6.61 Å². The van der Waals surface area contributed by atoms with Gasteiger partial charge in [0.05, 0.1) is 6.42 Å². The van der Waals surface area contributed by atoms with Crippen LogP contribution in [0.1, 0.15) is 24.0 Å². The Morgan fingerprint density at radius 3 is 2.84 bits per heavy atom. The van der Waals surface area contributed by atoms with Gasteiger partial charge in [-0.05, 0) is 48.6 Å². The van der Waals surface area contributed by atoms with Gasteiger partial charge in [-0.1, -0.05) is 24.3 Å². The first-order valence-corrected chi connectivity index (χ1v) is 6.45. The molecule has 0 aliphatic heterocycles. The zero-order chi connectivity index (χ0) is 13.7. The van der Waals surface area contributed by atoms with Crippen LogP contribution in [0.5, 0.6) is 5.75 Å². The first-order chi connectivity index (χ1) is 9.15.